The van der Waals surface area contributed by atoms with Gasteiger partial charge in [-0.05, 0) is 29.5 Å². The third kappa shape index (κ3) is 2.69. The first kappa shape index (κ1) is 14.6. The molecule has 108 valence electrons. The zero-order valence-electron chi connectivity index (χ0n) is 12.3. The predicted molar refractivity (Wildman–Crippen MR) is 75.6 cm³/mol. The molecular formula is C16H20FNO2. The molecule has 0 bridgehead atoms. The quantitative estimate of drug-likeness (QED) is 0.900. The Hall–Kier alpha value is -1.84. The monoisotopic (exact) mass is 277 g/mol. The molecule has 3 nitrogen and oxygen atoms in total. The highest BCUT2D eigenvalue weighted by Crippen LogP contribution is 2.34. The number of aliphatic hydroxyl groups excluding tert-OH is 1. The third-order valence-electron chi connectivity index (χ3n) is 3.54. The van der Waals surface area contributed by atoms with Crippen LogP contribution >= 0.6 is 0 Å². The van der Waals surface area contributed by atoms with Crippen molar-refractivity contribution < 1.29 is 14.3 Å². The van der Waals surface area contributed by atoms with Gasteiger partial charge in [0.25, 0.3) is 5.91 Å². The van der Waals surface area contributed by atoms with Crippen LogP contribution in [0.15, 0.2) is 30.0 Å². The van der Waals surface area contributed by atoms with Gasteiger partial charge in [0.15, 0.2) is 0 Å². The summed E-state index contributed by atoms with van der Waals surface area (Å²) in [6.45, 7) is 7.99. The Balaban J connectivity index is 2.27. The average molecular weight is 277 g/mol. The molecule has 1 aromatic carbocycles. The van der Waals surface area contributed by atoms with Gasteiger partial charge in [-0.3, -0.25) is 4.79 Å². The van der Waals surface area contributed by atoms with E-state index >= 15 is 0 Å². The zero-order valence-corrected chi connectivity index (χ0v) is 12.3. The van der Waals surface area contributed by atoms with Gasteiger partial charge in [-0.1, -0.05) is 32.9 Å². The molecule has 1 N–H and O–H groups in total. The van der Waals surface area contributed by atoms with Gasteiger partial charge in [-0.2, -0.15) is 0 Å². The Bertz CT molecular complexity index is 572. The Morgan fingerprint density at radius 1 is 1.35 bits per heavy atom. The van der Waals surface area contributed by atoms with Crippen LogP contribution in [0.1, 0.15) is 31.9 Å². The number of rotatable bonds is 2. The maximum absolute atomic E-state index is 13.3. The Kier molecular flexibility index (Phi) is 3.59. The van der Waals surface area contributed by atoms with Crippen molar-refractivity contribution in [1.82, 2.24) is 4.90 Å². The van der Waals surface area contributed by atoms with Crippen molar-refractivity contribution >= 4 is 5.91 Å². The van der Waals surface area contributed by atoms with E-state index in [0.717, 1.165) is 5.56 Å². The van der Waals surface area contributed by atoms with Gasteiger partial charge in [0.1, 0.15) is 11.6 Å². The van der Waals surface area contributed by atoms with Crippen LogP contribution in [0, 0.1) is 18.2 Å². The summed E-state index contributed by atoms with van der Waals surface area (Å²) < 4.78 is 13.3. The van der Waals surface area contributed by atoms with E-state index in [0.29, 0.717) is 12.1 Å². The van der Waals surface area contributed by atoms with Gasteiger partial charge in [-0.15, -0.1) is 0 Å². The minimum absolute atomic E-state index is 0.0985. The fraction of sp³-hybridized carbons (Fsp3) is 0.438. The number of nitrogens with zero attached hydrogens (tertiary/aromatic N) is 1. The number of aryl methyl sites for hydroxylation is 1. The molecule has 4 heteroatoms. The van der Waals surface area contributed by atoms with E-state index in [1.54, 1.807) is 24.0 Å². The lowest BCUT2D eigenvalue weighted by atomic mass is 9.85. The second-order valence-corrected chi connectivity index (χ2v) is 6.39. The Labute approximate surface area is 118 Å². The van der Waals surface area contributed by atoms with E-state index in [-0.39, 0.29) is 28.9 Å². The molecule has 0 unspecified atom stereocenters. The predicted octanol–water partition coefficient (Wildman–Crippen LogP) is 3.33. The smallest absolute Gasteiger partial charge is 0.250 e. The maximum Gasteiger partial charge on any atom is 0.250 e. The first-order valence-corrected chi connectivity index (χ1v) is 6.66. The number of carbonyl (C=O) groups is 1. The van der Waals surface area contributed by atoms with Gasteiger partial charge >= 0.3 is 0 Å². The van der Waals surface area contributed by atoms with Crippen molar-refractivity contribution in [2.45, 2.75) is 40.3 Å². The summed E-state index contributed by atoms with van der Waals surface area (Å²) in [5.41, 5.74) is 1.15. The summed E-state index contributed by atoms with van der Waals surface area (Å²) in [7, 11) is 0. The van der Waals surface area contributed by atoms with E-state index < -0.39 is 0 Å². The molecule has 0 aliphatic carbocycles. The molecule has 1 aliphatic rings. The standard InChI is InChI=1S/C16H20FNO2/c1-10-7-11(5-6-12(10)17)9-18-14(20)8-13(19)15(18)16(2,3)4/h5-8,15,19H,9H2,1-4H3/t15-/m1/s1. The van der Waals surface area contributed by atoms with Crippen LogP contribution in [0.5, 0.6) is 0 Å². The van der Waals surface area contributed by atoms with E-state index in [2.05, 4.69) is 0 Å². The number of aliphatic hydroxyl groups is 1. The SMILES string of the molecule is Cc1cc(CN2C(=O)C=C(O)[C@@H]2C(C)(C)C)ccc1F. The molecular weight excluding hydrogens is 257 g/mol. The van der Waals surface area contributed by atoms with Crippen LogP contribution in [-0.2, 0) is 11.3 Å². The van der Waals surface area contributed by atoms with Crippen LogP contribution in [-0.4, -0.2) is 22.0 Å². The van der Waals surface area contributed by atoms with E-state index in [1.165, 1.54) is 12.1 Å². The van der Waals surface area contributed by atoms with Crippen molar-refractivity contribution in [1.29, 1.82) is 0 Å². The van der Waals surface area contributed by atoms with Crippen LogP contribution in [0.25, 0.3) is 0 Å². The van der Waals surface area contributed by atoms with Gasteiger partial charge in [-0.25, -0.2) is 4.39 Å². The second-order valence-electron chi connectivity index (χ2n) is 6.39. The lowest BCUT2D eigenvalue weighted by Gasteiger charge is -2.35. The Morgan fingerprint density at radius 3 is 2.55 bits per heavy atom. The van der Waals surface area contributed by atoms with E-state index in [9.17, 15) is 14.3 Å². The van der Waals surface area contributed by atoms with Gasteiger partial charge < -0.3 is 10.0 Å². The van der Waals surface area contributed by atoms with E-state index in [4.69, 9.17) is 0 Å². The molecule has 0 saturated heterocycles. The first-order chi connectivity index (χ1) is 9.20. The fourth-order valence-corrected chi connectivity index (χ4v) is 2.66. The number of amides is 1. The van der Waals surface area contributed by atoms with Crippen LogP contribution in [0.4, 0.5) is 4.39 Å². The summed E-state index contributed by atoms with van der Waals surface area (Å²) >= 11 is 0. The average Bonchev–Trinajstić information content (AvgIpc) is 2.58. The molecule has 0 radical (unpaired) electrons. The van der Waals surface area contributed by atoms with Gasteiger partial charge in [0, 0.05) is 12.6 Å². The number of halogens is 1. The van der Waals surface area contributed by atoms with Crippen molar-refractivity contribution in [3.63, 3.8) is 0 Å². The molecule has 1 aliphatic heterocycles. The van der Waals surface area contributed by atoms with E-state index in [1.807, 2.05) is 20.8 Å². The van der Waals surface area contributed by atoms with Crippen molar-refractivity contribution in [3.05, 3.63) is 47.0 Å². The number of hydrogen-bond donors (Lipinski definition) is 1. The molecule has 20 heavy (non-hydrogen) atoms. The summed E-state index contributed by atoms with van der Waals surface area (Å²) in [5, 5.41) is 9.98. The number of benzene rings is 1. The fourth-order valence-electron chi connectivity index (χ4n) is 2.66. The maximum atomic E-state index is 13.3. The topological polar surface area (TPSA) is 40.5 Å². The highest BCUT2D eigenvalue weighted by molar-refractivity contribution is 5.91. The molecule has 0 fully saturated rings. The molecule has 0 spiro atoms. The molecule has 1 heterocycles. The second kappa shape index (κ2) is 4.93. The van der Waals surface area contributed by atoms with Gasteiger partial charge in [0.05, 0.1) is 6.04 Å². The number of hydrogen-bond acceptors (Lipinski definition) is 2. The summed E-state index contributed by atoms with van der Waals surface area (Å²) in [5.74, 6) is -0.361. The molecule has 1 amide bonds. The summed E-state index contributed by atoms with van der Waals surface area (Å²) in [6, 6.07) is 4.47. The van der Waals surface area contributed by atoms with Gasteiger partial charge in [0.2, 0.25) is 0 Å². The third-order valence-corrected chi connectivity index (χ3v) is 3.54. The normalized spacial score (nSPS) is 19.4. The molecule has 2 rings (SSSR count). The molecule has 0 aromatic heterocycles. The molecule has 1 aromatic rings. The summed E-state index contributed by atoms with van der Waals surface area (Å²) in [6.07, 6.45) is 1.27. The number of carbonyl (C=O) groups excluding carboxylic acids is 1. The van der Waals surface area contributed by atoms with Crippen molar-refractivity contribution in [2.75, 3.05) is 0 Å². The Morgan fingerprint density at radius 2 is 2.00 bits per heavy atom. The molecule has 1 atom stereocenters. The highest BCUT2D eigenvalue weighted by Gasteiger charge is 2.40. The lowest BCUT2D eigenvalue weighted by molar-refractivity contribution is -0.128. The lowest BCUT2D eigenvalue weighted by Crippen LogP contribution is -2.43. The summed E-state index contributed by atoms with van der Waals surface area (Å²) in [4.78, 5) is 13.6. The van der Waals surface area contributed by atoms with Crippen LogP contribution in [0.3, 0.4) is 0 Å². The first-order valence-electron chi connectivity index (χ1n) is 6.66. The highest BCUT2D eigenvalue weighted by atomic mass is 19.1. The van der Waals surface area contributed by atoms with Crippen molar-refractivity contribution in [3.8, 4) is 0 Å². The van der Waals surface area contributed by atoms with Crippen LogP contribution < -0.4 is 0 Å². The largest absolute Gasteiger partial charge is 0.510 e. The van der Waals surface area contributed by atoms with Crippen LogP contribution in [0.2, 0.25) is 0 Å². The minimum atomic E-state index is -0.347. The van der Waals surface area contributed by atoms with Crippen molar-refractivity contribution in [2.24, 2.45) is 5.41 Å². The zero-order chi connectivity index (χ0) is 15.1. The molecule has 0 saturated carbocycles. The minimum Gasteiger partial charge on any atom is -0.510 e.